The third kappa shape index (κ3) is 2.69. The molecular formula is C8H16N4O. The van der Waals surface area contributed by atoms with E-state index in [1.807, 2.05) is 14.0 Å². The van der Waals surface area contributed by atoms with Crippen LogP contribution in [0.5, 0.6) is 0 Å². The number of aliphatic imine (C=N–C) groups is 1. The van der Waals surface area contributed by atoms with Crippen LogP contribution in [0.1, 0.15) is 19.8 Å². The molecule has 1 unspecified atom stereocenters. The molecule has 1 fully saturated rings. The van der Waals surface area contributed by atoms with Gasteiger partial charge in [-0.05, 0) is 6.42 Å². The van der Waals surface area contributed by atoms with Crippen molar-refractivity contribution in [1.82, 2.24) is 10.4 Å². The Labute approximate surface area is 78.0 Å². The Morgan fingerprint density at radius 3 is 3.00 bits per heavy atom. The van der Waals surface area contributed by atoms with Crippen LogP contribution in [0.25, 0.3) is 0 Å². The van der Waals surface area contributed by atoms with Crippen molar-refractivity contribution >= 4 is 11.7 Å². The highest BCUT2D eigenvalue weighted by atomic mass is 16.2. The van der Waals surface area contributed by atoms with Gasteiger partial charge >= 0.3 is 0 Å². The summed E-state index contributed by atoms with van der Waals surface area (Å²) >= 11 is 0. The monoisotopic (exact) mass is 184 g/mol. The van der Waals surface area contributed by atoms with Crippen molar-refractivity contribution < 1.29 is 4.79 Å². The molecule has 1 rings (SSSR count). The number of amides is 1. The number of carbonyl (C=O) groups excluding carboxylic acids is 1. The summed E-state index contributed by atoms with van der Waals surface area (Å²) in [6.07, 6.45) is 1.72. The van der Waals surface area contributed by atoms with Crippen LogP contribution in [0.4, 0.5) is 0 Å². The van der Waals surface area contributed by atoms with E-state index in [1.54, 1.807) is 5.01 Å². The smallest absolute Gasteiger partial charge is 0.260 e. The fraction of sp³-hybridized carbons (Fsp3) is 0.750. The second-order valence-corrected chi connectivity index (χ2v) is 3.24. The number of hydrogen-bond acceptors (Lipinski definition) is 3. The summed E-state index contributed by atoms with van der Waals surface area (Å²) < 4.78 is 0. The van der Waals surface area contributed by atoms with E-state index in [-0.39, 0.29) is 11.9 Å². The van der Waals surface area contributed by atoms with Crippen LogP contribution < -0.4 is 11.2 Å². The number of carbonyl (C=O) groups is 1. The maximum atomic E-state index is 11.2. The lowest BCUT2D eigenvalue weighted by Gasteiger charge is -2.04. The van der Waals surface area contributed by atoms with E-state index in [2.05, 4.69) is 10.4 Å². The number of amidine groups is 1. The summed E-state index contributed by atoms with van der Waals surface area (Å²) in [6.45, 7) is 2.63. The van der Waals surface area contributed by atoms with Crippen LogP contribution in [0.3, 0.4) is 0 Å². The third-order valence-corrected chi connectivity index (χ3v) is 1.88. The van der Waals surface area contributed by atoms with Crippen molar-refractivity contribution in [3.63, 3.8) is 0 Å². The fourth-order valence-corrected chi connectivity index (χ4v) is 1.27. The molecule has 5 nitrogen and oxygen atoms in total. The number of nitrogens with one attached hydrogen (secondary N) is 1. The number of rotatable bonds is 3. The van der Waals surface area contributed by atoms with Crippen molar-refractivity contribution in [2.45, 2.75) is 25.8 Å². The minimum absolute atomic E-state index is 0.0680. The lowest BCUT2D eigenvalue weighted by Crippen LogP contribution is -2.29. The summed E-state index contributed by atoms with van der Waals surface area (Å²) in [6, 6.07) is -0.323. The zero-order valence-corrected chi connectivity index (χ0v) is 8.08. The predicted octanol–water partition coefficient (Wildman–Crippen LogP) is -0.511. The molecule has 0 spiro atoms. The maximum Gasteiger partial charge on any atom is 0.260 e. The van der Waals surface area contributed by atoms with E-state index in [0.717, 1.165) is 12.8 Å². The quantitative estimate of drug-likeness (QED) is 0.458. The van der Waals surface area contributed by atoms with Gasteiger partial charge in [0.25, 0.3) is 5.91 Å². The molecule has 1 aliphatic rings. The first kappa shape index (κ1) is 9.98. The van der Waals surface area contributed by atoms with Crippen molar-refractivity contribution in [2.24, 2.45) is 10.7 Å². The maximum absolute atomic E-state index is 11.2. The Hall–Kier alpha value is -1.10. The van der Waals surface area contributed by atoms with Gasteiger partial charge in [0.05, 0.1) is 5.84 Å². The lowest BCUT2D eigenvalue weighted by atomic mass is 10.3. The number of hydrazine groups is 1. The van der Waals surface area contributed by atoms with Gasteiger partial charge in [-0.1, -0.05) is 6.92 Å². The number of likely N-dealkylation sites (N-methyl/N-ethyl adjacent to an activating group) is 1. The molecule has 0 aromatic heterocycles. The molecule has 13 heavy (non-hydrogen) atoms. The van der Waals surface area contributed by atoms with Crippen LogP contribution in [-0.2, 0) is 4.79 Å². The second kappa shape index (κ2) is 4.23. The molecule has 1 atom stereocenters. The summed E-state index contributed by atoms with van der Waals surface area (Å²) in [5, 5.41) is 1.72. The first-order chi connectivity index (χ1) is 6.13. The van der Waals surface area contributed by atoms with Gasteiger partial charge in [-0.15, -0.1) is 0 Å². The van der Waals surface area contributed by atoms with Crippen molar-refractivity contribution in [2.75, 3.05) is 13.6 Å². The topological polar surface area (TPSA) is 70.7 Å². The molecule has 5 heteroatoms. The van der Waals surface area contributed by atoms with Gasteiger partial charge in [0, 0.05) is 20.0 Å². The van der Waals surface area contributed by atoms with Gasteiger partial charge in [-0.3, -0.25) is 15.2 Å². The molecule has 1 saturated heterocycles. The Morgan fingerprint density at radius 2 is 2.54 bits per heavy atom. The summed E-state index contributed by atoms with van der Waals surface area (Å²) in [4.78, 5) is 15.3. The predicted molar refractivity (Wildman–Crippen MR) is 51.1 cm³/mol. The molecule has 0 saturated carbocycles. The largest absolute Gasteiger partial charge is 0.387 e. The fourth-order valence-electron chi connectivity index (χ4n) is 1.27. The molecule has 0 aromatic carbocycles. The Bertz CT molecular complexity index is 226. The Kier molecular flexibility index (Phi) is 3.25. The highest BCUT2D eigenvalue weighted by molar-refractivity contribution is 5.88. The molecule has 0 aliphatic carbocycles. The van der Waals surface area contributed by atoms with Crippen LogP contribution in [0.2, 0.25) is 0 Å². The Balaban J connectivity index is 2.53. The van der Waals surface area contributed by atoms with Gasteiger partial charge in [0.2, 0.25) is 0 Å². The van der Waals surface area contributed by atoms with Crippen LogP contribution in [-0.4, -0.2) is 36.4 Å². The van der Waals surface area contributed by atoms with Crippen molar-refractivity contribution in [3.8, 4) is 0 Å². The highest BCUT2D eigenvalue weighted by Gasteiger charge is 2.27. The van der Waals surface area contributed by atoms with Gasteiger partial charge < -0.3 is 5.73 Å². The lowest BCUT2D eigenvalue weighted by molar-refractivity contribution is -0.121. The minimum atomic E-state index is -0.323. The van der Waals surface area contributed by atoms with Crippen LogP contribution in [0, 0.1) is 0 Å². The molecule has 0 bridgehead atoms. The molecular weight excluding hydrogens is 168 g/mol. The molecule has 1 amide bonds. The summed E-state index contributed by atoms with van der Waals surface area (Å²) in [5.41, 5.74) is 8.27. The molecule has 0 radical (unpaired) electrons. The normalized spacial score (nSPS) is 24.9. The average molecular weight is 184 g/mol. The first-order valence-corrected chi connectivity index (χ1v) is 4.47. The van der Waals surface area contributed by atoms with Crippen molar-refractivity contribution in [1.29, 1.82) is 0 Å². The molecule has 1 aliphatic heterocycles. The van der Waals surface area contributed by atoms with E-state index >= 15 is 0 Å². The highest BCUT2D eigenvalue weighted by Crippen LogP contribution is 2.02. The SMILES string of the molecule is CCCC(N)=NC1CN(C)NC1=O. The Morgan fingerprint density at radius 1 is 1.85 bits per heavy atom. The molecule has 0 aromatic rings. The van der Waals surface area contributed by atoms with Crippen LogP contribution >= 0.6 is 0 Å². The molecule has 74 valence electrons. The number of nitrogens with zero attached hydrogens (tertiary/aromatic N) is 2. The average Bonchev–Trinajstić information content (AvgIpc) is 2.30. The number of nitrogens with two attached hydrogens (primary N) is 1. The van der Waals surface area contributed by atoms with Gasteiger partial charge in [-0.2, -0.15) is 0 Å². The molecule has 1 heterocycles. The van der Waals surface area contributed by atoms with Gasteiger partial charge in [-0.25, -0.2) is 5.01 Å². The number of hydrogen-bond donors (Lipinski definition) is 2. The van der Waals surface area contributed by atoms with Gasteiger partial charge in [0.15, 0.2) is 0 Å². The second-order valence-electron chi connectivity index (χ2n) is 3.24. The zero-order chi connectivity index (χ0) is 9.84. The van der Waals surface area contributed by atoms with E-state index in [4.69, 9.17) is 5.73 Å². The first-order valence-electron chi connectivity index (χ1n) is 4.47. The van der Waals surface area contributed by atoms with E-state index in [1.165, 1.54) is 0 Å². The third-order valence-electron chi connectivity index (χ3n) is 1.88. The zero-order valence-electron chi connectivity index (χ0n) is 8.08. The van der Waals surface area contributed by atoms with Crippen LogP contribution in [0.15, 0.2) is 4.99 Å². The standard InChI is InChI=1S/C8H16N4O/c1-3-4-7(9)10-6-5-12(2)11-8(6)13/h6H,3-5H2,1-2H3,(H2,9,10)(H,11,13). The van der Waals surface area contributed by atoms with E-state index in [0.29, 0.717) is 12.4 Å². The van der Waals surface area contributed by atoms with Crippen molar-refractivity contribution in [3.05, 3.63) is 0 Å². The minimum Gasteiger partial charge on any atom is -0.387 e. The molecule has 3 N–H and O–H groups in total. The van der Waals surface area contributed by atoms with E-state index in [9.17, 15) is 4.79 Å². The van der Waals surface area contributed by atoms with Gasteiger partial charge in [0.1, 0.15) is 6.04 Å². The summed E-state index contributed by atoms with van der Waals surface area (Å²) in [5.74, 6) is 0.500. The van der Waals surface area contributed by atoms with E-state index < -0.39 is 0 Å². The summed E-state index contributed by atoms with van der Waals surface area (Å²) in [7, 11) is 1.81.